The largest absolute Gasteiger partial charge is 0.394 e. The summed E-state index contributed by atoms with van der Waals surface area (Å²) in [6, 6.07) is -0.924. The molecule has 14 nitrogen and oxygen atoms in total. The molecule has 2 saturated heterocycles. The van der Waals surface area contributed by atoms with Crippen molar-refractivity contribution in [2.75, 3.05) is 19.8 Å². The second-order valence-electron chi connectivity index (χ2n) is 13.0. The Bertz CT molecular complexity index is 1050. The summed E-state index contributed by atoms with van der Waals surface area (Å²) in [5.41, 5.74) is 0. The van der Waals surface area contributed by atoms with E-state index in [0.717, 1.165) is 57.8 Å². The molecule has 0 radical (unpaired) electrons. The van der Waals surface area contributed by atoms with Crippen LogP contribution in [0.1, 0.15) is 84.5 Å². The van der Waals surface area contributed by atoms with Crippen molar-refractivity contribution >= 4 is 5.91 Å². The van der Waals surface area contributed by atoms with E-state index in [2.05, 4.69) is 48.7 Å². The zero-order valence-electron chi connectivity index (χ0n) is 30.1. The molecule has 0 aromatic carbocycles. The summed E-state index contributed by atoms with van der Waals surface area (Å²) in [6.07, 6.45) is 8.32. The van der Waals surface area contributed by atoms with Gasteiger partial charge in [0.2, 0.25) is 5.91 Å². The lowest BCUT2D eigenvalue weighted by atomic mass is 9.97. The third-order valence-electron chi connectivity index (χ3n) is 8.77. The molecule has 2 aliphatic heterocycles. The van der Waals surface area contributed by atoms with Gasteiger partial charge in [-0.1, -0.05) is 81.7 Å². The number of aliphatic hydroxyl groups is 8. The average molecular weight is 730 g/mol. The number of nitrogens with one attached hydrogen (secondary N) is 1. The van der Waals surface area contributed by atoms with Gasteiger partial charge in [-0.05, 0) is 44.9 Å². The third-order valence-corrected chi connectivity index (χ3v) is 8.77. The highest BCUT2D eigenvalue weighted by molar-refractivity contribution is 5.76. The van der Waals surface area contributed by atoms with Gasteiger partial charge in [-0.3, -0.25) is 4.79 Å². The molecule has 2 fully saturated rings. The van der Waals surface area contributed by atoms with E-state index in [-0.39, 0.29) is 18.9 Å². The van der Waals surface area contributed by atoms with Gasteiger partial charge in [-0.15, -0.1) is 0 Å². The summed E-state index contributed by atoms with van der Waals surface area (Å²) in [5.74, 6) is -0.284. The van der Waals surface area contributed by atoms with Crippen molar-refractivity contribution in [1.29, 1.82) is 0 Å². The maximum atomic E-state index is 12.9. The number of ether oxygens (including phenoxy) is 4. The minimum Gasteiger partial charge on any atom is -0.394 e. The number of allylic oxidation sites excluding steroid dienone is 7. The monoisotopic (exact) mass is 729 g/mol. The van der Waals surface area contributed by atoms with Gasteiger partial charge in [0, 0.05) is 6.42 Å². The van der Waals surface area contributed by atoms with Crippen molar-refractivity contribution < 1.29 is 64.6 Å². The Morgan fingerprint density at radius 1 is 0.725 bits per heavy atom. The quantitative estimate of drug-likeness (QED) is 0.0500. The highest BCUT2D eigenvalue weighted by atomic mass is 16.7. The van der Waals surface area contributed by atoms with Gasteiger partial charge >= 0.3 is 0 Å². The first-order valence-electron chi connectivity index (χ1n) is 18.4. The second-order valence-corrected chi connectivity index (χ2v) is 13.0. The highest BCUT2D eigenvalue weighted by Crippen LogP contribution is 2.29. The predicted octanol–water partition coefficient (Wildman–Crippen LogP) is 1.03. The molecule has 51 heavy (non-hydrogen) atoms. The molecule has 0 aromatic rings. The SMILES string of the molecule is CC/C=C\C/C=C\C/C=C\CCCCCC(=O)NC(COC1OC(CO)C(OC2OC(CO)C(O)C(O)C2O)C(O)C1O)C(O)/C=C/CCCC. The van der Waals surface area contributed by atoms with Crippen LogP contribution in [0.5, 0.6) is 0 Å². The molecule has 0 saturated carbocycles. The maximum absolute atomic E-state index is 12.9. The summed E-state index contributed by atoms with van der Waals surface area (Å²) in [5, 5.41) is 85.4. The number of unbranched alkanes of at least 4 members (excludes halogenated alkanes) is 5. The molecule has 2 aliphatic rings. The van der Waals surface area contributed by atoms with Gasteiger partial charge < -0.3 is 65.1 Å². The minimum absolute atomic E-state index is 0.241. The van der Waals surface area contributed by atoms with E-state index >= 15 is 0 Å². The zero-order chi connectivity index (χ0) is 37.6. The first kappa shape index (κ1) is 45.1. The van der Waals surface area contributed by atoms with Crippen LogP contribution in [0.3, 0.4) is 0 Å². The van der Waals surface area contributed by atoms with Crippen LogP contribution >= 0.6 is 0 Å². The molecule has 294 valence electrons. The normalized spacial score (nSPS) is 31.6. The van der Waals surface area contributed by atoms with Gasteiger partial charge in [-0.2, -0.15) is 0 Å². The van der Waals surface area contributed by atoms with Crippen LogP contribution in [-0.2, 0) is 23.7 Å². The van der Waals surface area contributed by atoms with Crippen molar-refractivity contribution in [3.05, 3.63) is 48.6 Å². The Kier molecular flexibility index (Phi) is 22.9. The van der Waals surface area contributed by atoms with Crippen molar-refractivity contribution in [2.45, 2.75) is 158 Å². The summed E-state index contributed by atoms with van der Waals surface area (Å²) in [7, 11) is 0. The summed E-state index contributed by atoms with van der Waals surface area (Å²) >= 11 is 0. The molecule has 0 aliphatic carbocycles. The lowest BCUT2D eigenvalue weighted by Crippen LogP contribution is -2.65. The molecule has 14 heteroatoms. The Morgan fingerprint density at radius 3 is 2.02 bits per heavy atom. The molecule has 1 amide bonds. The number of hydrogen-bond donors (Lipinski definition) is 9. The molecule has 12 atom stereocenters. The number of hydrogen-bond acceptors (Lipinski definition) is 13. The zero-order valence-corrected chi connectivity index (χ0v) is 30.1. The second kappa shape index (κ2) is 25.8. The van der Waals surface area contributed by atoms with E-state index in [1.165, 1.54) is 0 Å². The van der Waals surface area contributed by atoms with Gasteiger partial charge in [0.1, 0.15) is 48.8 Å². The Hall–Kier alpha value is -2.05. The molecule has 9 N–H and O–H groups in total. The molecular formula is C37H63NO13. The smallest absolute Gasteiger partial charge is 0.220 e. The van der Waals surface area contributed by atoms with Crippen LogP contribution in [0.4, 0.5) is 0 Å². The number of carbonyl (C=O) groups is 1. The molecule has 0 bridgehead atoms. The lowest BCUT2D eigenvalue weighted by Gasteiger charge is -2.46. The summed E-state index contributed by atoms with van der Waals surface area (Å²) in [6.45, 7) is 2.41. The molecule has 0 spiro atoms. The van der Waals surface area contributed by atoms with E-state index in [1.54, 1.807) is 6.08 Å². The van der Waals surface area contributed by atoms with Crippen LogP contribution in [0, 0.1) is 0 Å². The molecular weight excluding hydrogens is 666 g/mol. The van der Waals surface area contributed by atoms with E-state index in [4.69, 9.17) is 18.9 Å². The third kappa shape index (κ3) is 15.8. The van der Waals surface area contributed by atoms with Crippen LogP contribution in [0.25, 0.3) is 0 Å². The number of carbonyl (C=O) groups excluding carboxylic acids is 1. The van der Waals surface area contributed by atoms with E-state index in [0.29, 0.717) is 6.42 Å². The average Bonchev–Trinajstić information content (AvgIpc) is 3.12. The van der Waals surface area contributed by atoms with Crippen molar-refractivity contribution in [3.8, 4) is 0 Å². The number of rotatable bonds is 24. The molecule has 12 unspecified atom stereocenters. The summed E-state index contributed by atoms with van der Waals surface area (Å²) in [4.78, 5) is 12.9. The number of aliphatic hydroxyl groups excluding tert-OH is 8. The molecule has 0 aromatic heterocycles. The van der Waals surface area contributed by atoms with E-state index < -0.39 is 86.8 Å². The number of amides is 1. The molecule has 2 heterocycles. The van der Waals surface area contributed by atoms with Crippen LogP contribution in [0.15, 0.2) is 48.6 Å². The fraction of sp³-hybridized carbons (Fsp3) is 0.757. The van der Waals surface area contributed by atoms with Crippen LogP contribution in [0.2, 0.25) is 0 Å². The topological polar surface area (TPSA) is 228 Å². The Morgan fingerprint density at radius 2 is 1.35 bits per heavy atom. The van der Waals surface area contributed by atoms with E-state index in [1.807, 2.05) is 13.0 Å². The lowest BCUT2D eigenvalue weighted by molar-refractivity contribution is -0.359. The predicted molar refractivity (Wildman–Crippen MR) is 189 cm³/mol. The minimum atomic E-state index is -1.79. The van der Waals surface area contributed by atoms with Gasteiger partial charge in [0.05, 0.1) is 32.0 Å². The van der Waals surface area contributed by atoms with Crippen LogP contribution in [-0.4, -0.2) is 140 Å². The van der Waals surface area contributed by atoms with Crippen molar-refractivity contribution in [2.24, 2.45) is 0 Å². The summed E-state index contributed by atoms with van der Waals surface area (Å²) < 4.78 is 22.3. The van der Waals surface area contributed by atoms with Crippen molar-refractivity contribution in [1.82, 2.24) is 5.32 Å². The van der Waals surface area contributed by atoms with Gasteiger partial charge in [0.15, 0.2) is 12.6 Å². The highest BCUT2D eigenvalue weighted by Gasteiger charge is 2.50. The van der Waals surface area contributed by atoms with Gasteiger partial charge in [-0.25, -0.2) is 0 Å². The maximum Gasteiger partial charge on any atom is 0.220 e. The molecule has 2 rings (SSSR count). The Balaban J connectivity index is 1.92. The van der Waals surface area contributed by atoms with Gasteiger partial charge in [0.25, 0.3) is 0 Å². The fourth-order valence-electron chi connectivity index (χ4n) is 5.64. The van der Waals surface area contributed by atoms with E-state index in [9.17, 15) is 45.6 Å². The fourth-order valence-corrected chi connectivity index (χ4v) is 5.64. The van der Waals surface area contributed by atoms with Crippen molar-refractivity contribution in [3.63, 3.8) is 0 Å². The standard InChI is InChI=1S/C37H63NO13/c1-3-5-7-9-10-11-12-13-14-15-16-17-19-21-29(42)38-25(26(41)20-18-8-6-4-2)24-48-36-34(47)32(45)35(28(23-40)50-36)51-37-33(46)31(44)30(43)27(22-39)49-37/h5,7,10-11,13-14,18,20,25-28,30-37,39-41,43-47H,3-4,6,8-9,12,15-17,19,21-24H2,1-2H3,(H,38,42)/b7-5-,11-10-,14-13-,20-18+. The van der Waals surface area contributed by atoms with Crippen LogP contribution < -0.4 is 5.32 Å². The first-order valence-corrected chi connectivity index (χ1v) is 18.4. The first-order chi connectivity index (χ1) is 24.6. The Labute approximate surface area is 302 Å².